The summed E-state index contributed by atoms with van der Waals surface area (Å²) in [7, 11) is 1.26. The van der Waals surface area contributed by atoms with Crippen molar-refractivity contribution in [1.29, 1.82) is 0 Å². The minimum atomic E-state index is -0.571. The topological polar surface area (TPSA) is 57.0 Å². The van der Waals surface area contributed by atoms with E-state index in [1.807, 2.05) is 24.3 Å². The van der Waals surface area contributed by atoms with E-state index in [1.165, 1.54) is 13.2 Å². The van der Waals surface area contributed by atoms with Crippen LogP contribution in [0.15, 0.2) is 53.1 Å². The van der Waals surface area contributed by atoms with Crippen LogP contribution >= 0.6 is 15.9 Å². The van der Waals surface area contributed by atoms with E-state index >= 15 is 0 Å². The molecule has 0 atom stereocenters. The highest BCUT2D eigenvalue weighted by Gasteiger charge is 2.11. The number of carbonyl (C=O) groups excluding carboxylic acids is 1. The molecule has 0 saturated carbocycles. The molecule has 0 fully saturated rings. The summed E-state index contributed by atoms with van der Waals surface area (Å²) in [5.41, 5.74) is 2.19. The fourth-order valence-corrected chi connectivity index (χ4v) is 2.65. The van der Waals surface area contributed by atoms with Crippen LogP contribution in [0.3, 0.4) is 0 Å². The van der Waals surface area contributed by atoms with Crippen molar-refractivity contribution in [1.82, 2.24) is 15.0 Å². The van der Waals surface area contributed by atoms with E-state index in [0.717, 1.165) is 16.1 Å². The Hall–Kier alpha value is -2.54. The molecule has 0 N–H and O–H groups in total. The smallest absolute Gasteiger partial charge is 0.337 e. The van der Waals surface area contributed by atoms with Crippen LogP contribution < -0.4 is 0 Å². The number of ether oxygens (including phenoxy) is 1. The molecule has 122 valence electrons. The van der Waals surface area contributed by atoms with Crippen LogP contribution in [-0.2, 0) is 11.3 Å². The summed E-state index contributed by atoms with van der Waals surface area (Å²) >= 11 is 3.41. The quantitative estimate of drug-likeness (QED) is 0.638. The van der Waals surface area contributed by atoms with E-state index in [9.17, 15) is 9.18 Å². The summed E-state index contributed by atoms with van der Waals surface area (Å²) in [6.07, 6.45) is 1.75. The lowest BCUT2D eigenvalue weighted by Gasteiger charge is -2.05. The zero-order valence-electron chi connectivity index (χ0n) is 12.7. The molecule has 24 heavy (non-hydrogen) atoms. The molecule has 0 aliphatic heterocycles. The summed E-state index contributed by atoms with van der Waals surface area (Å²) in [5.74, 6) is -1.06. The van der Waals surface area contributed by atoms with Crippen molar-refractivity contribution >= 4 is 21.9 Å². The van der Waals surface area contributed by atoms with Gasteiger partial charge in [0.2, 0.25) is 0 Å². The van der Waals surface area contributed by atoms with Crippen LogP contribution in [0.1, 0.15) is 15.9 Å². The van der Waals surface area contributed by atoms with Crippen molar-refractivity contribution < 1.29 is 13.9 Å². The first-order valence-corrected chi connectivity index (χ1v) is 7.89. The van der Waals surface area contributed by atoms with Gasteiger partial charge in [-0.3, -0.25) is 0 Å². The van der Waals surface area contributed by atoms with Gasteiger partial charge in [0, 0.05) is 15.6 Å². The molecular weight excluding hydrogens is 377 g/mol. The van der Waals surface area contributed by atoms with Gasteiger partial charge in [-0.25, -0.2) is 13.9 Å². The van der Waals surface area contributed by atoms with Gasteiger partial charge in [-0.1, -0.05) is 39.3 Å². The second-order valence-corrected chi connectivity index (χ2v) is 6.03. The first kappa shape index (κ1) is 16.3. The fraction of sp³-hybridized carbons (Fsp3) is 0.118. The first-order chi connectivity index (χ1) is 11.6. The summed E-state index contributed by atoms with van der Waals surface area (Å²) < 4.78 is 21.2. The van der Waals surface area contributed by atoms with Gasteiger partial charge in [0.15, 0.2) is 0 Å². The monoisotopic (exact) mass is 389 g/mol. The van der Waals surface area contributed by atoms with Gasteiger partial charge in [-0.05, 0) is 24.3 Å². The molecule has 0 spiro atoms. The summed E-state index contributed by atoms with van der Waals surface area (Å²) in [6.45, 7) is 0.217. The maximum atomic E-state index is 14.1. The van der Waals surface area contributed by atoms with Crippen LogP contribution in [0.2, 0.25) is 0 Å². The number of halogens is 2. The second-order valence-electron chi connectivity index (χ2n) is 5.11. The minimum absolute atomic E-state index is 0.173. The number of aromatic nitrogens is 3. The Kier molecular flexibility index (Phi) is 4.71. The number of hydrogen-bond acceptors (Lipinski definition) is 4. The van der Waals surface area contributed by atoms with Crippen LogP contribution in [-0.4, -0.2) is 28.1 Å². The summed E-state index contributed by atoms with van der Waals surface area (Å²) in [6, 6.07) is 11.9. The Bertz CT molecular complexity index is 895. The van der Waals surface area contributed by atoms with Crippen molar-refractivity contribution in [3.63, 3.8) is 0 Å². The first-order valence-electron chi connectivity index (χ1n) is 7.09. The van der Waals surface area contributed by atoms with E-state index in [4.69, 9.17) is 0 Å². The van der Waals surface area contributed by atoms with Gasteiger partial charge in [-0.15, -0.1) is 5.10 Å². The predicted octanol–water partition coefficient (Wildman–Crippen LogP) is 3.68. The molecule has 0 bridgehead atoms. The molecular formula is C17H13BrFN3O2. The number of benzene rings is 2. The van der Waals surface area contributed by atoms with Crippen molar-refractivity contribution in [3.05, 3.63) is 70.1 Å². The molecule has 0 aliphatic carbocycles. The van der Waals surface area contributed by atoms with Crippen molar-refractivity contribution in [2.24, 2.45) is 0 Å². The molecule has 0 saturated heterocycles. The Morgan fingerprint density at radius 1 is 1.29 bits per heavy atom. The lowest BCUT2D eigenvalue weighted by Crippen LogP contribution is -2.06. The molecule has 0 unspecified atom stereocenters. The van der Waals surface area contributed by atoms with E-state index in [1.54, 1.807) is 16.9 Å². The van der Waals surface area contributed by atoms with Crippen molar-refractivity contribution in [3.8, 4) is 11.3 Å². The lowest BCUT2D eigenvalue weighted by atomic mass is 10.1. The van der Waals surface area contributed by atoms with Gasteiger partial charge in [0.1, 0.15) is 11.5 Å². The molecule has 0 radical (unpaired) electrons. The van der Waals surface area contributed by atoms with Gasteiger partial charge in [0.25, 0.3) is 0 Å². The lowest BCUT2D eigenvalue weighted by molar-refractivity contribution is 0.0600. The molecule has 2 aromatic carbocycles. The van der Waals surface area contributed by atoms with Crippen LogP contribution in [0.25, 0.3) is 11.3 Å². The van der Waals surface area contributed by atoms with Gasteiger partial charge < -0.3 is 4.74 Å². The van der Waals surface area contributed by atoms with Gasteiger partial charge in [0.05, 0.1) is 25.4 Å². The van der Waals surface area contributed by atoms with E-state index in [2.05, 4.69) is 31.0 Å². The highest BCUT2D eigenvalue weighted by molar-refractivity contribution is 9.10. The number of rotatable bonds is 4. The van der Waals surface area contributed by atoms with Crippen LogP contribution in [0.4, 0.5) is 4.39 Å². The number of nitrogens with zero attached hydrogens (tertiary/aromatic N) is 3. The van der Waals surface area contributed by atoms with E-state index < -0.39 is 11.8 Å². The number of carbonyl (C=O) groups is 1. The normalized spacial score (nSPS) is 10.6. The van der Waals surface area contributed by atoms with Crippen molar-refractivity contribution in [2.45, 2.75) is 6.54 Å². The second kappa shape index (κ2) is 6.92. The SMILES string of the molecule is COC(=O)c1ccc(Cn2cc(-c3cccc(Br)c3)nn2)c(F)c1. The Labute approximate surface area is 146 Å². The minimum Gasteiger partial charge on any atom is -0.465 e. The zero-order valence-corrected chi connectivity index (χ0v) is 14.3. The number of esters is 1. The number of hydrogen-bond donors (Lipinski definition) is 0. The third-order valence-corrected chi connectivity index (χ3v) is 3.96. The largest absolute Gasteiger partial charge is 0.465 e. The molecule has 0 amide bonds. The third-order valence-electron chi connectivity index (χ3n) is 3.47. The number of methoxy groups -OCH3 is 1. The highest BCUT2D eigenvalue weighted by Crippen LogP contribution is 2.21. The fourth-order valence-electron chi connectivity index (χ4n) is 2.25. The summed E-state index contributed by atoms with van der Waals surface area (Å²) in [4.78, 5) is 11.4. The Morgan fingerprint density at radius 2 is 2.12 bits per heavy atom. The Balaban J connectivity index is 1.81. The van der Waals surface area contributed by atoms with E-state index in [0.29, 0.717) is 11.3 Å². The highest BCUT2D eigenvalue weighted by atomic mass is 79.9. The molecule has 1 heterocycles. The molecule has 3 rings (SSSR count). The van der Waals surface area contributed by atoms with Crippen LogP contribution in [0, 0.1) is 5.82 Å². The molecule has 5 nitrogen and oxygen atoms in total. The average Bonchev–Trinajstić information content (AvgIpc) is 3.04. The maximum Gasteiger partial charge on any atom is 0.337 e. The standard InChI is InChI=1S/C17H13BrFN3O2/c1-24-17(23)12-5-6-13(15(19)8-12)9-22-10-16(20-21-22)11-3-2-4-14(18)7-11/h2-8,10H,9H2,1H3. The molecule has 7 heteroatoms. The predicted molar refractivity (Wildman–Crippen MR) is 90.0 cm³/mol. The molecule has 3 aromatic rings. The van der Waals surface area contributed by atoms with Gasteiger partial charge in [-0.2, -0.15) is 0 Å². The zero-order chi connectivity index (χ0) is 17.1. The average molecular weight is 390 g/mol. The van der Waals surface area contributed by atoms with E-state index in [-0.39, 0.29) is 12.1 Å². The van der Waals surface area contributed by atoms with Gasteiger partial charge >= 0.3 is 5.97 Å². The molecule has 0 aliphatic rings. The Morgan fingerprint density at radius 3 is 2.83 bits per heavy atom. The van der Waals surface area contributed by atoms with Crippen molar-refractivity contribution in [2.75, 3.05) is 7.11 Å². The maximum absolute atomic E-state index is 14.1. The third kappa shape index (κ3) is 3.51. The van der Waals surface area contributed by atoms with Crippen LogP contribution in [0.5, 0.6) is 0 Å². The molecule has 1 aromatic heterocycles. The summed E-state index contributed by atoms with van der Waals surface area (Å²) in [5, 5.41) is 8.13.